The first-order valence-electron chi connectivity index (χ1n) is 4.96. The fourth-order valence-corrected chi connectivity index (χ4v) is 4.86. The van der Waals surface area contributed by atoms with Gasteiger partial charge in [-0.25, -0.2) is 0 Å². The predicted molar refractivity (Wildman–Crippen MR) is 76.7 cm³/mol. The van der Waals surface area contributed by atoms with Gasteiger partial charge in [0.05, 0.1) is 0 Å². The van der Waals surface area contributed by atoms with E-state index in [1.54, 1.807) is 24.5 Å². The molecule has 1 aromatic carbocycles. The molecule has 0 radical (unpaired) electrons. The second-order valence-electron chi connectivity index (χ2n) is 3.48. The molecule has 0 aliphatic heterocycles. The Morgan fingerprint density at radius 1 is 1.17 bits per heavy atom. The molecule has 0 aliphatic rings. The van der Waals surface area contributed by atoms with Gasteiger partial charge in [0.15, 0.2) is 0 Å². The van der Waals surface area contributed by atoms with Crippen molar-refractivity contribution in [3.8, 4) is 5.95 Å². The quantitative estimate of drug-likeness (QED) is 0.491. The minimum absolute atomic E-state index is 0.0737. The summed E-state index contributed by atoms with van der Waals surface area (Å²) in [5.41, 5.74) is 0. The van der Waals surface area contributed by atoms with Crippen molar-refractivity contribution in [1.29, 1.82) is 0 Å². The molecule has 90 valence electrons. The van der Waals surface area contributed by atoms with E-state index in [1.165, 1.54) is 0 Å². The Kier molecular flexibility index (Phi) is 3.26. The molecule has 0 bridgehead atoms. The molecule has 3 aromatic rings. The number of hydrogen-bond donors (Lipinski definition) is 0. The summed E-state index contributed by atoms with van der Waals surface area (Å²) in [5.74, 6) is 0.603. The molecule has 0 saturated carbocycles. The maximum absolute atomic E-state index is 6.21. The second-order valence-corrected chi connectivity index (χ2v) is 6.66. The van der Waals surface area contributed by atoms with E-state index in [9.17, 15) is 0 Å². The van der Waals surface area contributed by atoms with Crippen molar-refractivity contribution in [2.24, 2.45) is 0 Å². The van der Waals surface area contributed by atoms with Crippen LogP contribution in [0.25, 0.3) is 15.6 Å². The van der Waals surface area contributed by atoms with E-state index in [2.05, 4.69) is 9.97 Å². The molecule has 0 saturated heterocycles. The third kappa shape index (κ3) is 1.92. The van der Waals surface area contributed by atoms with Gasteiger partial charge in [-0.2, -0.15) is 0 Å². The average molecular weight is 361 g/mol. The SMILES string of the molecule is S=c1c2ccc(Cl)c(Cl)c2[se]n1-c1ncccn1. The molecule has 3 rings (SSSR count). The second kappa shape index (κ2) is 4.76. The first-order chi connectivity index (χ1) is 8.68. The molecule has 0 atom stereocenters. The molecule has 0 aliphatic carbocycles. The molecule has 0 fully saturated rings. The topological polar surface area (TPSA) is 30.7 Å². The number of rotatable bonds is 1. The molecular formula is C11H5Cl2N3SSe. The molecule has 18 heavy (non-hydrogen) atoms. The first-order valence-corrected chi connectivity index (χ1v) is 7.74. The van der Waals surface area contributed by atoms with Crippen LogP contribution in [0.1, 0.15) is 0 Å². The van der Waals surface area contributed by atoms with Crippen molar-refractivity contribution < 1.29 is 0 Å². The van der Waals surface area contributed by atoms with Gasteiger partial charge in [-0.05, 0) is 0 Å². The minimum atomic E-state index is -0.0737. The number of halogens is 2. The van der Waals surface area contributed by atoms with E-state index in [4.69, 9.17) is 35.4 Å². The number of nitrogens with zero attached hydrogens (tertiary/aromatic N) is 3. The van der Waals surface area contributed by atoms with Crippen LogP contribution < -0.4 is 0 Å². The Morgan fingerprint density at radius 2 is 1.89 bits per heavy atom. The van der Waals surface area contributed by atoms with Crippen molar-refractivity contribution in [3.05, 3.63) is 45.3 Å². The van der Waals surface area contributed by atoms with Crippen LogP contribution in [-0.2, 0) is 0 Å². The summed E-state index contributed by atoms with van der Waals surface area (Å²) in [7, 11) is 0. The van der Waals surface area contributed by atoms with E-state index in [1.807, 2.05) is 9.63 Å². The van der Waals surface area contributed by atoms with Crippen LogP contribution in [0.3, 0.4) is 0 Å². The van der Waals surface area contributed by atoms with Gasteiger partial charge in [-0.1, -0.05) is 0 Å². The fourth-order valence-electron chi connectivity index (χ4n) is 1.56. The molecule has 2 aromatic heterocycles. The monoisotopic (exact) mass is 361 g/mol. The van der Waals surface area contributed by atoms with Gasteiger partial charge in [0.2, 0.25) is 0 Å². The summed E-state index contributed by atoms with van der Waals surface area (Å²) in [6, 6.07) is 5.43. The summed E-state index contributed by atoms with van der Waals surface area (Å²) in [6.07, 6.45) is 3.39. The van der Waals surface area contributed by atoms with E-state index in [0.717, 1.165) is 9.65 Å². The van der Waals surface area contributed by atoms with E-state index >= 15 is 0 Å². The van der Waals surface area contributed by atoms with Crippen molar-refractivity contribution in [2.75, 3.05) is 0 Å². The van der Waals surface area contributed by atoms with Gasteiger partial charge < -0.3 is 0 Å². The normalized spacial score (nSPS) is 11.0. The molecule has 7 heteroatoms. The molecular weight excluding hydrogens is 356 g/mol. The zero-order chi connectivity index (χ0) is 12.7. The molecule has 0 unspecified atom stereocenters. The van der Waals surface area contributed by atoms with Crippen LogP contribution >= 0.6 is 35.4 Å². The van der Waals surface area contributed by atoms with Crippen molar-refractivity contribution in [1.82, 2.24) is 13.5 Å². The zero-order valence-corrected chi connectivity index (χ0v) is 12.8. The van der Waals surface area contributed by atoms with Crippen LogP contribution in [0.15, 0.2) is 30.6 Å². The maximum atomic E-state index is 6.21. The molecule has 2 heterocycles. The standard InChI is InChI=1S/C11H5Cl2N3SSe/c12-7-3-2-6-9(8(7)13)18-16(10(6)17)11-14-4-1-5-15-11/h1-5H. The van der Waals surface area contributed by atoms with E-state index in [-0.39, 0.29) is 14.7 Å². The van der Waals surface area contributed by atoms with Crippen LogP contribution in [0.2, 0.25) is 10.0 Å². The van der Waals surface area contributed by atoms with Crippen LogP contribution in [-0.4, -0.2) is 28.3 Å². The van der Waals surface area contributed by atoms with Gasteiger partial charge in [0.25, 0.3) is 0 Å². The summed E-state index contributed by atoms with van der Waals surface area (Å²) in [5, 5.41) is 2.08. The summed E-state index contributed by atoms with van der Waals surface area (Å²) in [6.45, 7) is 0. The zero-order valence-electron chi connectivity index (χ0n) is 8.80. The fraction of sp³-hybridized carbons (Fsp3) is 0. The summed E-state index contributed by atoms with van der Waals surface area (Å²) >= 11 is 17.6. The average Bonchev–Trinajstić information content (AvgIpc) is 2.73. The van der Waals surface area contributed by atoms with Crippen LogP contribution in [0.5, 0.6) is 0 Å². The van der Waals surface area contributed by atoms with Gasteiger partial charge in [-0.15, -0.1) is 0 Å². The summed E-state index contributed by atoms with van der Waals surface area (Å²) in [4.78, 5) is 8.43. The van der Waals surface area contributed by atoms with Crippen molar-refractivity contribution in [2.45, 2.75) is 0 Å². The van der Waals surface area contributed by atoms with Crippen LogP contribution in [0.4, 0.5) is 0 Å². The first kappa shape index (κ1) is 12.3. The third-order valence-corrected chi connectivity index (χ3v) is 6.48. The summed E-state index contributed by atoms with van der Waals surface area (Å²) < 4.78 is 3.61. The Balaban J connectivity index is 2.37. The van der Waals surface area contributed by atoms with E-state index < -0.39 is 0 Å². The number of benzene rings is 1. The molecule has 0 spiro atoms. The van der Waals surface area contributed by atoms with Crippen molar-refractivity contribution >= 4 is 59.8 Å². The Labute approximate surface area is 124 Å². The van der Waals surface area contributed by atoms with Gasteiger partial charge in [-0.3, -0.25) is 0 Å². The molecule has 3 nitrogen and oxygen atoms in total. The predicted octanol–water partition coefficient (Wildman–Crippen LogP) is 3.51. The number of hydrogen-bond acceptors (Lipinski definition) is 3. The van der Waals surface area contributed by atoms with Crippen molar-refractivity contribution in [3.63, 3.8) is 0 Å². The van der Waals surface area contributed by atoms with E-state index in [0.29, 0.717) is 20.6 Å². The third-order valence-electron chi connectivity index (χ3n) is 2.38. The Hall–Kier alpha value is -0.711. The molecule has 0 N–H and O–H groups in total. The Bertz CT molecular complexity index is 782. The Morgan fingerprint density at radius 3 is 2.61 bits per heavy atom. The number of fused-ring (bicyclic) bond motifs is 1. The molecule has 0 amide bonds. The number of aromatic nitrogens is 3. The van der Waals surface area contributed by atoms with Gasteiger partial charge in [0, 0.05) is 0 Å². The van der Waals surface area contributed by atoms with Gasteiger partial charge in [0.1, 0.15) is 0 Å². The van der Waals surface area contributed by atoms with Gasteiger partial charge >= 0.3 is 125 Å². The van der Waals surface area contributed by atoms with Crippen LogP contribution in [0, 0.1) is 4.64 Å².